The summed E-state index contributed by atoms with van der Waals surface area (Å²) < 4.78 is 0. The van der Waals surface area contributed by atoms with E-state index in [-0.39, 0.29) is 12.0 Å². The molecule has 3 rings (SSSR count). The molecule has 1 atom stereocenters. The first kappa shape index (κ1) is 14.3. The van der Waals surface area contributed by atoms with E-state index in [1.54, 1.807) is 4.90 Å². The van der Waals surface area contributed by atoms with Crippen molar-refractivity contribution in [2.24, 2.45) is 0 Å². The number of amides is 1. The molecule has 0 radical (unpaired) electrons. The molecule has 0 unspecified atom stereocenters. The van der Waals surface area contributed by atoms with Gasteiger partial charge >= 0.3 is 0 Å². The van der Waals surface area contributed by atoms with E-state index in [4.69, 9.17) is 0 Å². The Morgan fingerprint density at radius 1 is 1.10 bits per heavy atom. The van der Waals surface area contributed by atoms with Gasteiger partial charge in [0.05, 0.1) is 6.10 Å². The van der Waals surface area contributed by atoms with Crippen LogP contribution in [-0.2, 0) is 4.79 Å². The van der Waals surface area contributed by atoms with Gasteiger partial charge in [0.25, 0.3) is 5.91 Å². The molecule has 1 aromatic rings. The number of rotatable bonds is 2. The Morgan fingerprint density at radius 2 is 1.76 bits per heavy atom. The van der Waals surface area contributed by atoms with Crippen molar-refractivity contribution >= 4 is 11.7 Å². The molecule has 21 heavy (non-hydrogen) atoms. The van der Waals surface area contributed by atoms with Gasteiger partial charge in [0, 0.05) is 31.5 Å². The average molecular weight is 287 g/mol. The highest BCUT2D eigenvalue weighted by molar-refractivity contribution is 5.94. The van der Waals surface area contributed by atoms with E-state index in [0.29, 0.717) is 56.0 Å². The Balaban J connectivity index is 1.66. The lowest BCUT2D eigenvalue weighted by atomic mass is 9.96. The first-order chi connectivity index (χ1) is 10.1. The van der Waals surface area contributed by atoms with Crippen LogP contribution >= 0.6 is 0 Å². The first-order valence-electron chi connectivity index (χ1n) is 7.72. The number of nitrogens with zero attached hydrogens (tertiary/aromatic N) is 1. The number of Topliss-reactive ketones (excluding diaryl/α,β-unsaturated/α-hetero) is 1. The highest BCUT2D eigenvalue weighted by Crippen LogP contribution is 2.32. The van der Waals surface area contributed by atoms with Crippen molar-refractivity contribution in [3.8, 4) is 0 Å². The van der Waals surface area contributed by atoms with Crippen LogP contribution in [0.15, 0.2) is 24.3 Å². The Morgan fingerprint density at radius 3 is 2.33 bits per heavy atom. The maximum atomic E-state index is 12.4. The highest BCUT2D eigenvalue weighted by atomic mass is 16.3. The molecule has 1 aromatic carbocycles. The van der Waals surface area contributed by atoms with Crippen LogP contribution in [0.4, 0.5) is 0 Å². The van der Waals surface area contributed by atoms with E-state index in [0.717, 1.165) is 12.0 Å². The number of benzene rings is 1. The van der Waals surface area contributed by atoms with Gasteiger partial charge < -0.3 is 10.0 Å². The summed E-state index contributed by atoms with van der Waals surface area (Å²) in [7, 11) is 0. The van der Waals surface area contributed by atoms with Crippen LogP contribution in [0.2, 0.25) is 0 Å². The minimum absolute atomic E-state index is 0.0379. The molecule has 1 saturated carbocycles. The van der Waals surface area contributed by atoms with Crippen molar-refractivity contribution in [3.05, 3.63) is 35.4 Å². The van der Waals surface area contributed by atoms with Crippen molar-refractivity contribution in [3.63, 3.8) is 0 Å². The van der Waals surface area contributed by atoms with Crippen LogP contribution in [0.1, 0.15) is 53.9 Å². The summed E-state index contributed by atoms with van der Waals surface area (Å²) >= 11 is 0. The number of hydrogen-bond acceptors (Lipinski definition) is 3. The fraction of sp³-hybridized carbons (Fsp3) is 0.529. The smallest absolute Gasteiger partial charge is 0.253 e. The Hall–Kier alpha value is -1.68. The SMILES string of the molecule is O=C1CC[C@@H](c2ccc(C(=O)N3CCC(O)CC3)cc2)C1. The molecule has 2 fully saturated rings. The normalized spacial score (nSPS) is 23.6. The predicted octanol–water partition coefficient (Wildman–Crippen LogP) is 2.12. The average Bonchev–Trinajstić information content (AvgIpc) is 2.94. The molecule has 1 aliphatic carbocycles. The van der Waals surface area contributed by atoms with Crippen LogP contribution < -0.4 is 0 Å². The number of carbonyl (C=O) groups excluding carboxylic acids is 2. The van der Waals surface area contributed by atoms with E-state index in [1.165, 1.54) is 0 Å². The Labute approximate surface area is 124 Å². The second kappa shape index (κ2) is 5.98. The van der Waals surface area contributed by atoms with E-state index < -0.39 is 0 Å². The number of likely N-dealkylation sites (tertiary alicyclic amines) is 1. The minimum atomic E-state index is -0.267. The van der Waals surface area contributed by atoms with Gasteiger partial charge in [0.1, 0.15) is 5.78 Å². The number of ketones is 1. The fourth-order valence-electron chi connectivity index (χ4n) is 3.25. The molecule has 0 aromatic heterocycles. The molecule has 0 spiro atoms. The van der Waals surface area contributed by atoms with E-state index in [2.05, 4.69) is 0 Å². The lowest BCUT2D eigenvalue weighted by Crippen LogP contribution is -2.40. The predicted molar refractivity (Wildman–Crippen MR) is 79.2 cm³/mol. The summed E-state index contributed by atoms with van der Waals surface area (Å²) in [6, 6.07) is 7.70. The van der Waals surface area contributed by atoms with Gasteiger partial charge in [-0.2, -0.15) is 0 Å². The summed E-state index contributed by atoms with van der Waals surface area (Å²) in [6.07, 6.45) is 3.30. The summed E-state index contributed by atoms with van der Waals surface area (Å²) in [5.41, 5.74) is 1.85. The van der Waals surface area contributed by atoms with Crippen LogP contribution in [0.3, 0.4) is 0 Å². The maximum Gasteiger partial charge on any atom is 0.253 e. The van der Waals surface area contributed by atoms with Gasteiger partial charge in [-0.25, -0.2) is 0 Å². The molecule has 1 saturated heterocycles. The standard InChI is InChI=1S/C17H21NO3/c19-15-7-9-18(10-8-15)17(21)13-3-1-12(2-4-13)14-5-6-16(20)11-14/h1-4,14-15,19H,5-11H2/t14-/m1/s1. The molecule has 112 valence electrons. The van der Waals surface area contributed by atoms with Gasteiger partial charge in [0.2, 0.25) is 0 Å². The molecule has 4 heteroatoms. The Bertz CT molecular complexity index is 529. The van der Waals surface area contributed by atoms with Crippen LogP contribution in [0, 0.1) is 0 Å². The molecule has 1 N–H and O–H groups in total. The van der Waals surface area contributed by atoms with Gasteiger partial charge in [-0.05, 0) is 42.9 Å². The highest BCUT2D eigenvalue weighted by Gasteiger charge is 2.25. The quantitative estimate of drug-likeness (QED) is 0.906. The molecule has 1 heterocycles. The number of hydrogen-bond donors (Lipinski definition) is 1. The number of aliphatic hydroxyl groups excluding tert-OH is 1. The second-order valence-electron chi connectivity index (χ2n) is 6.12. The number of piperidine rings is 1. The van der Waals surface area contributed by atoms with Gasteiger partial charge in [-0.1, -0.05) is 12.1 Å². The number of aliphatic hydroxyl groups is 1. The molecular weight excluding hydrogens is 266 g/mol. The summed E-state index contributed by atoms with van der Waals surface area (Å²) in [5.74, 6) is 0.703. The zero-order valence-corrected chi connectivity index (χ0v) is 12.1. The number of carbonyl (C=O) groups is 2. The lowest BCUT2D eigenvalue weighted by molar-refractivity contribution is -0.117. The zero-order valence-electron chi connectivity index (χ0n) is 12.1. The molecular formula is C17H21NO3. The van der Waals surface area contributed by atoms with Crippen molar-refractivity contribution in [2.45, 2.75) is 44.1 Å². The van der Waals surface area contributed by atoms with E-state index in [1.807, 2.05) is 24.3 Å². The molecule has 2 aliphatic rings. The first-order valence-corrected chi connectivity index (χ1v) is 7.72. The van der Waals surface area contributed by atoms with Crippen molar-refractivity contribution in [2.75, 3.05) is 13.1 Å². The minimum Gasteiger partial charge on any atom is -0.393 e. The summed E-state index contributed by atoms with van der Waals surface area (Å²) in [6.45, 7) is 1.25. The van der Waals surface area contributed by atoms with Crippen molar-refractivity contribution in [1.29, 1.82) is 0 Å². The van der Waals surface area contributed by atoms with E-state index in [9.17, 15) is 14.7 Å². The third-order valence-corrected chi connectivity index (χ3v) is 4.63. The fourth-order valence-corrected chi connectivity index (χ4v) is 3.25. The van der Waals surface area contributed by atoms with Crippen molar-refractivity contribution in [1.82, 2.24) is 4.90 Å². The second-order valence-corrected chi connectivity index (χ2v) is 6.12. The lowest BCUT2D eigenvalue weighted by Gasteiger charge is -2.29. The van der Waals surface area contributed by atoms with E-state index >= 15 is 0 Å². The van der Waals surface area contributed by atoms with Crippen LogP contribution in [0.25, 0.3) is 0 Å². The molecule has 4 nitrogen and oxygen atoms in total. The summed E-state index contributed by atoms with van der Waals surface area (Å²) in [4.78, 5) is 25.5. The van der Waals surface area contributed by atoms with Crippen molar-refractivity contribution < 1.29 is 14.7 Å². The molecule has 0 bridgehead atoms. The third kappa shape index (κ3) is 3.16. The van der Waals surface area contributed by atoms with Gasteiger partial charge in [0.15, 0.2) is 0 Å². The molecule has 1 amide bonds. The third-order valence-electron chi connectivity index (χ3n) is 4.63. The Kier molecular flexibility index (Phi) is 4.06. The maximum absolute atomic E-state index is 12.4. The molecule has 1 aliphatic heterocycles. The van der Waals surface area contributed by atoms with Crippen LogP contribution in [-0.4, -0.2) is 40.9 Å². The largest absolute Gasteiger partial charge is 0.393 e. The zero-order chi connectivity index (χ0) is 14.8. The van der Waals surface area contributed by atoms with Crippen LogP contribution in [0.5, 0.6) is 0 Å². The topological polar surface area (TPSA) is 57.6 Å². The monoisotopic (exact) mass is 287 g/mol. The summed E-state index contributed by atoms with van der Waals surface area (Å²) in [5, 5.41) is 9.49. The van der Waals surface area contributed by atoms with Gasteiger partial charge in [-0.15, -0.1) is 0 Å². The van der Waals surface area contributed by atoms with Gasteiger partial charge in [-0.3, -0.25) is 9.59 Å².